The van der Waals surface area contributed by atoms with Gasteiger partial charge in [-0.25, -0.2) is 0 Å². The van der Waals surface area contributed by atoms with E-state index in [-0.39, 0.29) is 0 Å². The number of nitrogens with one attached hydrogen (secondary N) is 1. The molecule has 0 rings (SSSR count). The molecule has 30 valence electrons. The van der Waals surface area contributed by atoms with E-state index in [1.54, 1.807) is 11.8 Å². The van der Waals surface area contributed by atoms with Crippen LogP contribution in [0.3, 0.4) is 0 Å². The lowest BCUT2D eigenvalue weighted by molar-refractivity contribution is 1.55. The standard InChI is InChI=1S/C3H7NS/c1-5-3-2-4/h2,4H,3H2,1H3. The van der Waals surface area contributed by atoms with Crippen molar-refractivity contribution in [2.45, 2.75) is 0 Å². The molecule has 2 heteroatoms. The largest absolute Gasteiger partial charge is 0.312 e. The van der Waals surface area contributed by atoms with E-state index in [0.29, 0.717) is 0 Å². The molecule has 1 nitrogen and oxygen atoms in total. The summed E-state index contributed by atoms with van der Waals surface area (Å²) >= 11 is 1.66. The van der Waals surface area contributed by atoms with Crippen molar-refractivity contribution in [3.63, 3.8) is 0 Å². The molecular weight excluding hydrogens is 82.1 g/mol. The molecule has 0 aliphatic rings. The Bertz CT molecular complexity index is 28.1. The van der Waals surface area contributed by atoms with Gasteiger partial charge in [-0.3, -0.25) is 0 Å². The van der Waals surface area contributed by atoms with Crippen molar-refractivity contribution in [1.29, 1.82) is 5.41 Å². The van der Waals surface area contributed by atoms with Crippen molar-refractivity contribution in [3.8, 4) is 0 Å². The van der Waals surface area contributed by atoms with Crippen LogP contribution in [-0.2, 0) is 0 Å². The van der Waals surface area contributed by atoms with Crippen molar-refractivity contribution in [2.75, 3.05) is 12.0 Å². The molecule has 0 amide bonds. The fraction of sp³-hybridized carbons (Fsp3) is 0.667. The van der Waals surface area contributed by atoms with E-state index in [9.17, 15) is 0 Å². The first kappa shape index (κ1) is 5.02. The summed E-state index contributed by atoms with van der Waals surface area (Å²) in [5, 5.41) is 6.46. The first-order chi connectivity index (χ1) is 2.41. The van der Waals surface area contributed by atoms with Gasteiger partial charge in [-0.05, 0) is 6.26 Å². The first-order valence-electron chi connectivity index (χ1n) is 1.39. The van der Waals surface area contributed by atoms with Crippen molar-refractivity contribution in [1.82, 2.24) is 0 Å². The van der Waals surface area contributed by atoms with E-state index >= 15 is 0 Å². The van der Waals surface area contributed by atoms with Crippen LogP contribution >= 0.6 is 11.8 Å². The highest BCUT2D eigenvalue weighted by Gasteiger charge is 1.62. The van der Waals surface area contributed by atoms with Gasteiger partial charge in [-0.15, -0.1) is 0 Å². The molecule has 0 aromatic heterocycles. The quantitative estimate of drug-likeness (QED) is 0.501. The second-order valence-corrected chi connectivity index (χ2v) is 1.57. The van der Waals surface area contributed by atoms with Gasteiger partial charge in [0, 0.05) is 12.0 Å². The molecule has 0 aliphatic carbocycles. The zero-order valence-corrected chi connectivity index (χ0v) is 4.01. The summed E-state index contributed by atoms with van der Waals surface area (Å²) < 4.78 is 0. The minimum atomic E-state index is 0.847. The molecular formula is C3H7NS. The van der Waals surface area contributed by atoms with E-state index in [1.807, 2.05) is 6.26 Å². The van der Waals surface area contributed by atoms with Crippen molar-refractivity contribution in [2.24, 2.45) is 0 Å². The predicted octanol–water partition coefficient (Wildman–Crippen LogP) is 0.999. The van der Waals surface area contributed by atoms with Crippen LogP contribution in [0.1, 0.15) is 0 Å². The summed E-state index contributed by atoms with van der Waals surface area (Å²) in [6.45, 7) is 0. The van der Waals surface area contributed by atoms with Gasteiger partial charge < -0.3 is 5.41 Å². The van der Waals surface area contributed by atoms with E-state index in [4.69, 9.17) is 5.41 Å². The molecule has 0 atom stereocenters. The highest BCUT2D eigenvalue weighted by Crippen LogP contribution is 1.82. The number of rotatable bonds is 2. The molecule has 0 aromatic rings. The Balaban J connectivity index is 2.40. The third-order valence-electron chi connectivity index (χ3n) is 0.250. The van der Waals surface area contributed by atoms with E-state index < -0.39 is 0 Å². The van der Waals surface area contributed by atoms with Crippen LogP contribution in [0.15, 0.2) is 0 Å². The maximum Gasteiger partial charge on any atom is 0.0278 e. The van der Waals surface area contributed by atoms with Crippen LogP contribution in [0.4, 0.5) is 0 Å². The molecule has 0 unspecified atom stereocenters. The Labute approximate surface area is 36.3 Å². The molecule has 0 spiro atoms. The zero-order chi connectivity index (χ0) is 4.12. The summed E-state index contributed by atoms with van der Waals surface area (Å²) in [5.41, 5.74) is 0. The van der Waals surface area contributed by atoms with Gasteiger partial charge in [0.15, 0.2) is 0 Å². The number of thioether (sulfide) groups is 1. The average molecular weight is 89.2 g/mol. The van der Waals surface area contributed by atoms with Crippen molar-refractivity contribution < 1.29 is 0 Å². The fourth-order valence-corrected chi connectivity index (χ4v) is 0.250. The first-order valence-corrected chi connectivity index (χ1v) is 2.79. The van der Waals surface area contributed by atoms with Crippen LogP contribution in [0.2, 0.25) is 0 Å². The predicted molar refractivity (Wildman–Crippen MR) is 27.2 cm³/mol. The summed E-state index contributed by atoms with van der Waals surface area (Å²) in [6, 6.07) is 0. The van der Waals surface area contributed by atoms with E-state index in [2.05, 4.69) is 0 Å². The van der Waals surface area contributed by atoms with Crippen molar-refractivity contribution >= 4 is 18.0 Å². The molecule has 0 saturated heterocycles. The lowest BCUT2D eigenvalue weighted by Crippen LogP contribution is -1.69. The Morgan fingerprint density at radius 3 is 2.60 bits per heavy atom. The van der Waals surface area contributed by atoms with Gasteiger partial charge >= 0.3 is 0 Å². The Hall–Kier alpha value is 0.0200. The van der Waals surface area contributed by atoms with Gasteiger partial charge in [-0.1, -0.05) is 0 Å². The maximum absolute atomic E-state index is 6.46. The van der Waals surface area contributed by atoms with Crippen LogP contribution in [0, 0.1) is 5.41 Å². The smallest absolute Gasteiger partial charge is 0.0278 e. The third-order valence-corrected chi connectivity index (χ3v) is 0.750. The Morgan fingerprint density at radius 1 is 2.00 bits per heavy atom. The maximum atomic E-state index is 6.46. The summed E-state index contributed by atoms with van der Waals surface area (Å²) in [4.78, 5) is 0. The lowest BCUT2D eigenvalue weighted by Gasteiger charge is -1.72. The van der Waals surface area contributed by atoms with Gasteiger partial charge in [0.2, 0.25) is 0 Å². The minimum absolute atomic E-state index is 0.847. The van der Waals surface area contributed by atoms with Gasteiger partial charge in [0.05, 0.1) is 0 Å². The topological polar surface area (TPSA) is 23.9 Å². The van der Waals surface area contributed by atoms with Gasteiger partial charge in [-0.2, -0.15) is 11.8 Å². The summed E-state index contributed by atoms with van der Waals surface area (Å²) in [7, 11) is 0. The van der Waals surface area contributed by atoms with E-state index in [1.165, 1.54) is 6.21 Å². The highest BCUT2D eigenvalue weighted by molar-refractivity contribution is 7.99. The molecule has 5 heavy (non-hydrogen) atoms. The van der Waals surface area contributed by atoms with Crippen LogP contribution in [-0.4, -0.2) is 18.2 Å². The SMILES string of the molecule is CSCC=N. The molecule has 1 N–H and O–H groups in total. The molecule has 0 saturated carbocycles. The van der Waals surface area contributed by atoms with Crippen LogP contribution in [0.25, 0.3) is 0 Å². The molecule has 0 fully saturated rings. The molecule has 0 aromatic carbocycles. The third kappa shape index (κ3) is 4.02. The zero-order valence-electron chi connectivity index (χ0n) is 3.19. The molecule has 0 heterocycles. The Morgan fingerprint density at radius 2 is 2.60 bits per heavy atom. The highest BCUT2D eigenvalue weighted by atomic mass is 32.2. The second-order valence-electron chi connectivity index (χ2n) is 0.659. The minimum Gasteiger partial charge on any atom is -0.312 e. The summed E-state index contributed by atoms with van der Waals surface area (Å²) in [6.07, 6.45) is 3.37. The number of hydrogen-bond donors (Lipinski definition) is 1. The fourth-order valence-electron chi connectivity index (χ4n) is 0.0833. The number of hydrogen-bond acceptors (Lipinski definition) is 2. The molecule has 0 aliphatic heterocycles. The second kappa shape index (κ2) is 4.02. The normalized spacial score (nSPS) is 7.40. The molecule has 0 bridgehead atoms. The summed E-state index contributed by atoms with van der Waals surface area (Å²) in [5.74, 6) is 0.847. The molecule has 0 radical (unpaired) electrons. The van der Waals surface area contributed by atoms with Crippen LogP contribution < -0.4 is 0 Å². The average Bonchev–Trinajstić information content (AvgIpc) is 1.41. The Kier molecular flexibility index (Phi) is 4.04. The van der Waals surface area contributed by atoms with Crippen molar-refractivity contribution in [3.05, 3.63) is 0 Å². The van der Waals surface area contributed by atoms with Gasteiger partial charge in [0.1, 0.15) is 0 Å². The lowest BCUT2D eigenvalue weighted by atomic mass is 10.9. The van der Waals surface area contributed by atoms with Gasteiger partial charge in [0.25, 0.3) is 0 Å². The van der Waals surface area contributed by atoms with E-state index in [0.717, 1.165) is 5.75 Å². The monoisotopic (exact) mass is 89.0 g/mol. The van der Waals surface area contributed by atoms with Crippen LogP contribution in [0.5, 0.6) is 0 Å².